The van der Waals surface area contributed by atoms with Gasteiger partial charge >= 0.3 is 0 Å². The second-order valence-electron chi connectivity index (χ2n) is 5.76. The summed E-state index contributed by atoms with van der Waals surface area (Å²) in [6.07, 6.45) is 0.848. The van der Waals surface area contributed by atoms with Crippen LogP contribution in [-0.2, 0) is 21.1 Å². The molecule has 0 heterocycles. The van der Waals surface area contributed by atoms with E-state index in [1.807, 2.05) is 0 Å². The number of rotatable bonds is 9. The third-order valence-corrected chi connectivity index (χ3v) is 5.58. The molecule has 0 saturated carbocycles. The van der Waals surface area contributed by atoms with Gasteiger partial charge in [-0.05, 0) is 48.4 Å². The number of benzene rings is 2. The summed E-state index contributed by atoms with van der Waals surface area (Å²) in [7, 11) is -3.19. The maximum atomic E-state index is 12.1. The molecule has 1 amide bonds. The van der Waals surface area contributed by atoms with E-state index >= 15 is 0 Å². The molecule has 0 fully saturated rings. The van der Waals surface area contributed by atoms with E-state index in [1.54, 1.807) is 55.5 Å². The molecule has 6 nitrogen and oxygen atoms in total. The smallest absolute Gasteiger partial charge is 0.224 e. The van der Waals surface area contributed by atoms with Crippen LogP contribution < -0.4 is 15.8 Å². The molecule has 0 radical (unpaired) electrons. The number of ether oxygens (including phenoxy) is 1. The molecule has 2 aromatic carbocycles. The van der Waals surface area contributed by atoms with E-state index in [0.717, 1.165) is 5.56 Å². The van der Waals surface area contributed by atoms with E-state index in [-0.39, 0.29) is 24.1 Å². The number of aryl methyl sites for hydroxylation is 1. The average Bonchev–Trinajstić information content (AvgIpc) is 2.66. The number of hydrogen-bond acceptors (Lipinski definition) is 5. The number of carbonyl (C=O) groups is 1. The molecule has 0 atom stereocenters. The molecule has 3 N–H and O–H groups in total. The average molecular weight is 413 g/mol. The first-order chi connectivity index (χ1) is 12.4. The summed E-state index contributed by atoms with van der Waals surface area (Å²) in [5.41, 5.74) is 6.99. The number of amides is 1. The van der Waals surface area contributed by atoms with E-state index in [9.17, 15) is 13.2 Å². The number of sulfone groups is 1. The van der Waals surface area contributed by atoms with Crippen molar-refractivity contribution in [2.45, 2.75) is 24.7 Å². The largest absolute Gasteiger partial charge is 0.492 e. The molecule has 148 valence electrons. The molecule has 2 aromatic rings. The second kappa shape index (κ2) is 10.9. The van der Waals surface area contributed by atoms with Crippen molar-refractivity contribution in [1.29, 1.82) is 0 Å². The third kappa shape index (κ3) is 7.21. The molecule has 0 bridgehead atoms. The number of carbonyl (C=O) groups excluding carboxylic acids is 1. The van der Waals surface area contributed by atoms with Crippen LogP contribution in [-0.4, -0.2) is 33.2 Å². The standard InChI is InChI=1S/C19H24N2O4S.ClH/c1-2-26(23,24)18-10-3-15(4-11-18)5-12-19(22)21-16-6-8-17(9-7-16)25-14-13-20;/h3-4,6-11H,2,5,12-14,20H2,1H3,(H,21,22);1H. The van der Waals surface area contributed by atoms with Crippen LogP contribution in [0.3, 0.4) is 0 Å². The summed E-state index contributed by atoms with van der Waals surface area (Å²) in [4.78, 5) is 12.4. The number of halogens is 1. The third-order valence-electron chi connectivity index (χ3n) is 3.83. The highest BCUT2D eigenvalue weighted by molar-refractivity contribution is 7.91. The van der Waals surface area contributed by atoms with E-state index in [2.05, 4.69) is 5.32 Å². The van der Waals surface area contributed by atoms with Gasteiger partial charge in [0.15, 0.2) is 9.84 Å². The Morgan fingerprint density at radius 1 is 1.07 bits per heavy atom. The molecule has 0 unspecified atom stereocenters. The van der Waals surface area contributed by atoms with Crippen molar-refractivity contribution in [1.82, 2.24) is 0 Å². The fraction of sp³-hybridized carbons (Fsp3) is 0.316. The summed E-state index contributed by atoms with van der Waals surface area (Å²) in [6, 6.07) is 13.8. The topological polar surface area (TPSA) is 98.5 Å². The Morgan fingerprint density at radius 2 is 1.70 bits per heavy atom. The first kappa shape index (κ1) is 23.0. The minimum absolute atomic E-state index is 0. The van der Waals surface area contributed by atoms with Gasteiger partial charge in [-0.1, -0.05) is 19.1 Å². The lowest BCUT2D eigenvalue weighted by Gasteiger charge is -2.08. The Bertz CT molecular complexity index is 822. The highest BCUT2D eigenvalue weighted by Gasteiger charge is 2.11. The molecule has 27 heavy (non-hydrogen) atoms. The van der Waals surface area contributed by atoms with Crippen LogP contribution in [0.5, 0.6) is 5.75 Å². The van der Waals surface area contributed by atoms with E-state index < -0.39 is 9.84 Å². The number of nitrogens with one attached hydrogen (secondary N) is 1. The van der Waals surface area contributed by atoms with Gasteiger partial charge in [0, 0.05) is 18.7 Å². The molecule has 0 spiro atoms. The summed E-state index contributed by atoms with van der Waals surface area (Å²) in [5, 5.41) is 2.83. The Labute approximate surface area is 166 Å². The second-order valence-corrected chi connectivity index (χ2v) is 8.04. The molecule has 0 aromatic heterocycles. The van der Waals surface area contributed by atoms with E-state index in [1.165, 1.54) is 0 Å². The van der Waals surface area contributed by atoms with Crippen molar-refractivity contribution in [3.05, 3.63) is 54.1 Å². The Morgan fingerprint density at radius 3 is 2.26 bits per heavy atom. The fourth-order valence-electron chi connectivity index (χ4n) is 2.32. The summed E-state index contributed by atoms with van der Waals surface area (Å²) in [6.45, 7) is 2.51. The normalized spacial score (nSPS) is 10.7. The monoisotopic (exact) mass is 412 g/mol. The van der Waals surface area contributed by atoms with Crippen LogP contribution in [0.4, 0.5) is 5.69 Å². The lowest BCUT2D eigenvalue weighted by Crippen LogP contribution is -2.13. The number of hydrogen-bond donors (Lipinski definition) is 2. The van der Waals surface area contributed by atoms with Gasteiger partial charge in [-0.3, -0.25) is 4.79 Å². The molecule has 0 aliphatic carbocycles. The van der Waals surface area contributed by atoms with Gasteiger partial charge in [0.05, 0.1) is 10.6 Å². The zero-order valence-corrected chi connectivity index (χ0v) is 16.8. The minimum Gasteiger partial charge on any atom is -0.492 e. The van der Waals surface area contributed by atoms with Gasteiger partial charge in [0.1, 0.15) is 12.4 Å². The predicted molar refractivity (Wildman–Crippen MR) is 109 cm³/mol. The summed E-state index contributed by atoms with van der Waals surface area (Å²) in [5.74, 6) is 0.673. The molecular formula is C19H25ClN2O4S. The van der Waals surface area contributed by atoms with Crippen molar-refractivity contribution >= 4 is 33.8 Å². The van der Waals surface area contributed by atoms with Crippen LogP contribution in [0.15, 0.2) is 53.4 Å². The van der Waals surface area contributed by atoms with Crippen LogP contribution >= 0.6 is 12.4 Å². The Kier molecular flexibility index (Phi) is 9.28. The fourth-order valence-corrected chi connectivity index (χ4v) is 3.21. The molecule has 2 rings (SSSR count). The van der Waals surface area contributed by atoms with Crippen molar-refractivity contribution in [2.75, 3.05) is 24.2 Å². The van der Waals surface area contributed by atoms with Gasteiger partial charge in [-0.25, -0.2) is 8.42 Å². The van der Waals surface area contributed by atoms with Crippen LogP contribution in [0.25, 0.3) is 0 Å². The highest BCUT2D eigenvalue weighted by atomic mass is 35.5. The SMILES string of the molecule is CCS(=O)(=O)c1ccc(CCC(=O)Nc2ccc(OCCN)cc2)cc1.Cl. The van der Waals surface area contributed by atoms with Gasteiger partial charge < -0.3 is 15.8 Å². The van der Waals surface area contributed by atoms with Gasteiger partial charge in [-0.15, -0.1) is 12.4 Å². The zero-order valence-electron chi connectivity index (χ0n) is 15.2. The van der Waals surface area contributed by atoms with Gasteiger partial charge in [0.2, 0.25) is 5.91 Å². The Hall–Kier alpha value is -2.09. The van der Waals surface area contributed by atoms with E-state index in [4.69, 9.17) is 10.5 Å². The summed E-state index contributed by atoms with van der Waals surface area (Å²) >= 11 is 0. The number of anilines is 1. The Balaban J connectivity index is 0.00000364. The van der Waals surface area contributed by atoms with Crippen molar-refractivity contribution in [3.8, 4) is 5.75 Å². The molecule has 0 saturated heterocycles. The first-order valence-electron chi connectivity index (χ1n) is 8.49. The van der Waals surface area contributed by atoms with Crippen LogP contribution in [0, 0.1) is 0 Å². The van der Waals surface area contributed by atoms with Crippen LogP contribution in [0.1, 0.15) is 18.9 Å². The maximum Gasteiger partial charge on any atom is 0.224 e. The molecule has 8 heteroatoms. The molecule has 0 aliphatic heterocycles. The maximum absolute atomic E-state index is 12.1. The molecular weight excluding hydrogens is 388 g/mol. The summed E-state index contributed by atoms with van der Waals surface area (Å²) < 4.78 is 29.0. The van der Waals surface area contributed by atoms with Crippen molar-refractivity contribution in [2.24, 2.45) is 5.73 Å². The lowest BCUT2D eigenvalue weighted by atomic mass is 10.1. The predicted octanol–water partition coefficient (Wildman–Crippen LogP) is 2.81. The zero-order chi connectivity index (χ0) is 19.0. The highest BCUT2D eigenvalue weighted by Crippen LogP contribution is 2.17. The van der Waals surface area contributed by atoms with Crippen molar-refractivity contribution < 1.29 is 17.9 Å². The number of nitrogens with two attached hydrogens (primary N) is 1. The van der Waals surface area contributed by atoms with Gasteiger partial charge in [-0.2, -0.15) is 0 Å². The van der Waals surface area contributed by atoms with E-state index in [0.29, 0.717) is 42.3 Å². The lowest BCUT2D eigenvalue weighted by molar-refractivity contribution is -0.116. The first-order valence-corrected chi connectivity index (χ1v) is 10.1. The molecule has 0 aliphatic rings. The van der Waals surface area contributed by atoms with Crippen molar-refractivity contribution in [3.63, 3.8) is 0 Å². The minimum atomic E-state index is -3.19. The van der Waals surface area contributed by atoms with Gasteiger partial charge in [0.25, 0.3) is 0 Å². The van der Waals surface area contributed by atoms with Crippen LogP contribution in [0.2, 0.25) is 0 Å². The quantitative estimate of drug-likeness (QED) is 0.659.